The number of anilines is 1. The summed E-state index contributed by atoms with van der Waals surface area (Å²) in [5.74, 6) is 0.0983. The Balaban J connectivity index is 1.97. The quantitative estimate of drug-likeness (QED) is 0.522. The molecule has 0 spiro atoms. The first kappa shape index (κ1) is 17.9. The molecule has 1 aliphatic rings. The predicted octanol–water partition coefficient (Wildman–Crippen LogP) is 3.54. The van der Waals surface area contributed by atoms with Crippen LogP contribution in [0.2, 0.25) is 0 Å². The van der Waals surface area contributed by atoms with Crippen molar-refractivity contribution in [2.75, 3.05) is 18.4 Å². The summed E-state index contributed by atoms with van der Waals surface area (Å²) in [6.07, 6.45) is 2.24. The number of benzene rings is 1. The molecule has 1 aromatic carbocycles. The molecule has 0 saturated carbocycles. The van der Waals surface area contributed by atoms with Gasteiger partial charge in [-0.25, -0.2) is 0 Å². The second kappa shape index (κ2) is 7.17. The van der Waals surface area contributed by atoms with Crippen molar-refractivity contribution >= 4 is 44.3 Å². The van der Waals surface area contributed by atoms with Crippen LogP contribution < -0.4 is 11.1 Å². The fraction of sp³-hybridized carbons (Fsp3) is 0.444. The van der Waals surface area contributed by atoms with Crippen molar-refractivity contribution in [3.05, 3.63) is 28.4 Å². The average Bonchev–Trinajstić information content (AvgIpc) is 3.16. The van der Waals surface area contributed by atoms with Crippen molar-refractivity contribution in [2.45, 2.75) is 32.7 Å². The van der Waals surface area contributed by atoms with E-state index in [0.717, 1.165) is 35.8 Å². The Morgan fingerprint density at radius 2 is 2.04 bits per heavy atom. The van der Waals surface area contributed by atoms with Crippen LogP contribution >= 0.6 is 15.9 Å². The summed E-state index contributed by atoms with van der Waals surface area (Å²) in [7, 11) is 0. The van der Waals surface area contributed by atoms with E-state index in [1.807, 2.05) is 12.1 Å². The molecular weight excluding hydrogens is 384 g/mol. The first-order chi connectivity index (χ1) is 11.9. The van der Waals surface area contributed by atoms with E-state index in [0.29, 0.717) is 11.3 Å². The molecule has 1 aliphatic heterocycles. The fourth-order valence-corrected chi connectivity index (χ4v) is 3.85. The minimum Gasteiger partial charge on any atom is -0.451 e. The molecule has 3 rings (SSSR count). The van der Waals surface area contributed by atoms with Gasteiger partial charge in [0.05, 0.1) is 11.7 Å². The number of nitrogens with one attached hydrogen (secondary N) is 2. The van der Waals surface area contributed by atoms with E-state index < -0.39 is 0 Å². The van der Waals surface area contributed by atoms with Gasteiger partial charge in [-0.05, 0) is 50.0 Å². The summed E-state index contributed by atoms with van der Waals surface area (Å²) in [5.41, 5.74) is 6.73. The lowest BCUT2D eigenvalue weighted by atomic mass is 10.0. The first-order valence-corrected chi connectivity index (χ1v) is 9.29. The van der Waals surface area contributed by atoms with E-state index in [1.54, 1.807) is 6.07 Å². The minimum atomic E-state index is -0.209. The molecule has 134 valence electrons. The Morgan fingerprint density at radius 1 is 1.36 bits per heavy atom. The van der Waals surface area contributed by atoms with Gasteiger partial charge < -0.3 is 15.5 Å². The van der Waals surface area contributed by atoms with E-state index in [1.165, 1.54) is 0 Å². The molecule has 1 aromatic heterocycles. The normalized spacial score (nSPS) is 16.5. The highest BCUT2D eigenvalue weighted by Gasteiger charge is 2.32. The maximum Gasteiger partial charge on any atom is 0.242 e. The number of rotatable bonds is 5. The molecule has 1 saturated heterocycles. The molecule has 1 amide bonds. The number of amidine groups is 1. The van der Waals surface area contributed by atoms with Crippen LogP contribution in [0.1, 0.15) is 32.4 Å². The number of fused-ring (bicyclic) bond motifs is 1. The van der Waals surface area contributed by atoms with Gasteiger partial charge in [0.2, 0.25) is 5.91 Å². The van der Waals surface area contributed by atoms with E-state index in [4.69, 9.17) is 15.6 Å². The number of likely N-dealkylation sites (tertiary alicyclic amines) is 1. The summed E-state index contributed by atoms with van der Waals surface area (Å²) in [5, 5.41) is 11.5. The zero-order valence-corrected chi connectivity index (χ0v) is 16.0. The SMILES string of the molecule is CC(C)C(C(=O)Nc1c(C(=N)N)oc2ccc(Br)cc12)N1CCCC1. The largest absolute Gasteiger partial charge is 0.451 e. The number of carbonyl (C=O) groups excluding carboxylic acids is 1. The molecule has 4 N–H and O–H groups in total. The maximum absolute atomic E-state index is 13.0. The van der Waals surface area contributed by atoms with Crippen LogP contribution in [0, 0.1) is 11.3 Å². The van der Waals surface area contributed by atoms with E-state index in [9.17, 15) is 4.79 Å². The molecule has 7 heteroatoms. The lowest BCUT2D eigenvalue weighted by Gasteiger charge is -2.29. The third-order valence-electron chi connectivity index (χ3n) is 4.58. The van der Waals surface area contributed by atoms with Gasteiger partial charge in [-0.1, -0.05) is 29.8 Å². The van der Waals surface area contributed by atoms with Crippen LogP contribution in [0.25, 0.3) is 11.0 Å². The Bertz CT molecular complexity index is 809. The first-order valence-electron chi connectivity index (χ1n) is 8.50. The fourth-order valence-electron chi connectivity index (χ4n) is 3.49. The van der Waals surface area contributed by atoms with Gasteiger partial charge in [-0.2, -0.15) is 0 Å². The second-order valence-corrected chi connectivity index (χ2v) is 7.70. The smallest absolute Gasteiger partial charge is 0.242 e. The lowest BCUT2D eigenvalue weighted by Crippen LogP contribution is -2.46. The molecule has 1 fully saturated rings. The summed E-state index contributed by atoms with van der Waals surface area (Å²) in [6, 6.07) is 5.30. The Hall–Kier alpha value is -1.86. The van der Waals surface area contributed by atoms with Crippen LogP contribution in [0.5, 0.6) is 0 Å². The zero-order chi connectivity index (χ0) is 18.1. The predicted molar refractivity (Wildman–Crippen MR) is 103 cm³/mol. The van der Waals surface area contributed by atoms with E-state index in [2.05, 4.69) is 40.0 Å². The van der Waals surface area contributed by atoms with Gasteiger partial charge in [0.1, 0.15) is 5.58 Å². The number of furan rings is 1. The van der Waals surface area contributed by atoms with Crippen molar-refractivity contribution in [3.8, 4) is 0 Å². The highest BCUT2D eigenvalue weighted by atomic mass is 79.9. The monoisotopic (exact) mass is 406 g/mol. The van der Waals surface area contributed by atoms with Gasteiger partial charge in [-0.3, -0.25) is 15.1 Å². The van der Waals surface area contributed by atoms with Crippen LogP contribution in [-0.2, 0) is 4.79 Å². The Morgan fingerprint density at radius 3 is 2.64 bits per heavy atom. The molecule has 1 atom stereocenters. The van der Waals surface area contributed by atoms with Crippen molar-refractivity contribution in [1.82, 2.24) is 4.90 Å². The van der Waals surface area contributed by atoms with Gasteiger partial charge >= 0.3 is 0 Å². The number of halogens is 1. The number of nitrogens with two attached hydrogens (primary N) is 1. The summed E-state index contributed by atoms with van der Waals surface area (Å²) < 4.78 is 6.55. The van der Waals surface area contributed by atoms with Crippen LogP contribution in [0.3, 0.4) is 0 Å². The number of nitrogens with zero attached hydrogens (tertiary/aromatic N) is 1. The average molecular weight is 407 g/mol. The highest BCUT2D eigenvalue weighted by Crippen LogP contribution is 2.33. The molecule has 25 heavy (non-hydrogen) atoms. The highest BCUT2D eigenvalue weighted by molar-refractivity contribution is 9.10. The molecule has 0 bridgehead atoms. The van der Waals surface area contributed by atoms with Crippen molar-refractivity contribution in [1.29, 1.82) is 5.41 Å². The lowest BCUT2D eigenvalue weighted by molar-refractivity contribution is -0.122. The summed E-state index contributed by atoms with van der Waals surface area (Å²) in [4.78, 5) is 15.3. The molecule has 2 aromatic rings. The molecule has 2 heterocycles. The van der Waals surface area contributed by atoms with E-state index in [-0.39, 0.29) is 29.5 Å². The van der Waals surface area contributed by atoms with Crippen LogP contribution in [-0.4, -0.2) is 35.8 Å². The molecule has 0 aliphatic carbocycles. The van der Waals surface area contributed by atoms with Gasteiger partial charge in [-0.15, -0.1) is 0 Å². The summed E-state index contributed by atoms with van der Waals surface area (Å²) >= 11 is 3.44. The Labute approximate surface area is 155 Å². The van der Waals surface area contributed by atoms with Gasteiger partial charge in [0.25, 0.3) is 0 Å². The van der Waals surface area contributed by atoms with Crippen molar-refractivity contribution < 1.29 is 9.21 Å². The van der Waals surface area contributed by atoms with Gasteiger partial charge in [0, 0.05) is 9.86 Å². The standard InChI is InChI=1S/C18H23BrN4O2/c1-10(2)15(23-7-3-4-8-23)18(24)22-14-12-9-11(19)5-6-13(12)25-16(14)17(20)21/h5-6,9-10,15H,3-4,7-8H2,1-2H3,(H3,20,21)(H,22,24). The molecule has 0 radical (unpaired) electrons. The Kier molecular flexibility index (Phi) is 5.15. The van der Waals surface area contributed by atoms with Crippen molar-refractivity contribution in [2.24, 2.45) is 11.7 Å². The van der Waals surface area contributed by atoms with Crippen molar-refractivity contribution in [3.63, 3.8) is 0 Å². The summed E-state index contributed by atoms with van der Waals surface area (Å²) in [6.45, 7) is 5.98. The van der Waals surface area contributed by atoms with E-state index >= 15 is 0 Å². The maximum atomic E-state index is 13.0. The number of hydrogen-bond acceptors (Lipinski definition) is 4. The molecule has 1 unspecified atom stereocenters. The molecule has 6 nitrogen and oxygen atoms in total. The van der Waals surface area contributed by atoms with Crippen LogP contribution in [0.4, 0.5) is 5.69 Å². The second-order valence-electron chi connectivity index (χ2n) is 6.78. The number of nitrogen functional groups attached to an aromatic ring is 1. The number of carbonyl (C=O) groups is 1. The van der Waals surface area contributed by atoms with Gasteiger partial charge in [0.15, 0.2) is 11.6 Å². The number of hydrogen-bond donors (Lipinski definition) is 3. The molecular formula is C18H23BrN4O2. The third-order valence-corrected chi connectivity index (χ3v) is 5.07. The minimum absolute atomic E-state index is 0.0814. The third kappa shape index (κ3) is 3.57. The number of amides is 1. The zero-order valence-electron chi connectivity index (χ0n) is 14.4. The topological polar surface area (TPSA) is 95.3 Å². The van der Waals surface area contributed by atoms with Crippen LogP contribution in [0.15, 0.2) is 27.1 Å².